The largest absolute Gasteiger partial charge is 0.357 e. The van der Waals surface area contributed by atoms with Gasteiger partial charge in [0.05, 0.1) is 6.10 Å². The van der Waals surface area contributed by atoms with Gasteiger partial charge < -0.3 is 4.74 Å². The van der Waals surface area contributed by atoms with E-state index in [1.165, 1.54) is 0 Å². The number of epoxide rings is 1. The molecular formula is C9H12O2. The van der Waals surface area contributed by atoms with Crippen LogP contribution in [-0.2, 0) is 9.53 Å². The van der Waals surface area contributed by atoms with Crippen LogP contribution in [0.5, 0.6) is 0 Å². The summed E-state index contributed by atoms with van der Waals surface area (Å²) in [4.78, 5) is 11.4. The molecule has 2 unspecified atom stereocenters. The molecule has 0 radical (unpaired) electrons. The number of ketones is 1. The van der Waals surface area contributed by atoms with Crippen molar-refractivity contribution in [2.75, 3.05) is 0 Å². The fraction of sp³-hybridized carbons (Fsp3) is 0.667. The Morgan fingerprint density at radius 3 is 3.18 bits per heavy atom. The van der Waals surface area contributed by atoms with E-state index in [0.29, 0.717) is 6.42 Å². The van der Waals surface area contributed by atoms with E-state index in [1.54, 1.807) is 0 Å². The summed E-state index contributed by atoms with van der Waals surface area (Å²) in [6.07, 6.45) is 6.68. The quantitative estimate of drug-likeness (QED) is 0.442. The van der Waals surface area contributed by atoms with E-state index in [2.05, 4.69) is 12.2 Å². The molecule has 1 saturated heterocycles. The molecule has 2 atom stereocenters. The van der Waals surface area contributed by atoms with Crippen molar-refractivity contribution in [3.63, 3.8) is 0 Å². The van der Waals surface area contributed by atoms with Crippen molar-refractivity contribution < 1.29 is 9.53 Å². The fourth-order valence-corrected chi connectivity index (χ4v) is 1.77. The van der Waals surface area contributed by atoms with E-state index in [1.807, 2.05) is 6.92 Å². The van der Waals surface area contributed by atoms with Crippen LogP contribution in [0.15, 0.2) is 12.2 Å². The van der Waals surface area contributed by atoms with E-state index in [-0.39, 0.29) is 17.5 Å². The Kier molecular flexibility index (Phi) is 1.39. The Morgan fingerprint density at radius 2 is 2.55 bits per heavy atom. The van der Waals surface area contributed by atoms with Crippen LogP contribution >= 0.6 is 0 Å². The zero-order valence-corrected chi connectivity index (χ0v) is 6.67. The number of rotatable bonds is 2. The van der Waals surface area contributed by atoms with Crippen molar-refractivity contribution in [3.05, 3.63) is 12.2 Å². The minimum Gasteiger partial charge on any atom is -0.357 e. The summed E-state index contributed by atoms with van der Waals surface area (Å²) in [7, 11) is 0. The van der Waals surface area contributed by atoms with Crippen LogP contribution in [0.25, 0.3) is 0 Å². The third-order valence-corrected chi connectivity index (χ3v) is 2.55. The second kappa shape index (κ2) is 2.18. The molecule has 1 fully saturated rings. The fourth-order valence-electron chi connectivity index (χ4n) is 1.77. The maximum atomic E-state index is 11.4. The number of hydrogen-bond donors (Lipinski definition) is 0. The highest BCUT2D eigenvalue weighted by molar-refractivity contribution is 5.90. The van der Waals surface area contributed by atoms with Crippen LogP contribution in [0.1, 0.15) is 26.2 Å². The van der Waals surface area contributed by atoms with Gasteiger partial charge in [-0.1, -0.05) is 19.1 Å². The van der Waals surface area contributed by atoms with Gasteiger partial charge in [0, 0.05) is 12.8 Å². The Hall–Kier alpha value is -0.630. The summed E-state index contributed by atoms with van der Waals surface area (Å²) in [6, 6.07) is 0. The summed E-state index contributed by atoms with van der Waals surface area (Å²) >= 11 is 0. The van der Waals surface area contributed by atoms with E-state index in [4.69, 9.17) is 4.74 Å². The summed E-state index contributed by atoms with van der Waals surface area (Å²) in [5, 5.41) is 0. The molecule has 0 aromatic rings. The molecule has 1 heterocycles. The predicted octanol–water partition coefficient (Wildman–Crippen LogP) is 1.45. The van der Waals surface area contributed by atoms with Gasteiger partial charge in [-0.15, -0.1) is 0 Å². The molecule has 0 saturated carbocycles. The van der Waals surface area contributed by atoms with Crippen molar-refractivity contribution in [1.29, 1.82) is 0 Å². The monoisotopic (exact) mass is 152 g/mol. The van der Waals surface area contributed by atoms with Crippen LogP contribution < -0.4 is 0 Å². The van der Waals surface area contributed by atoms with Gasteiger partial charge in [0.2, 0.25) is 0 Å². The van der Waals surface area contributed by atoms with Crippen molar-refractivity contribution in [2.24, 2.45) is 0 Å². The first-order chi connectivity index (χ1) is 5.29. The lowest BCUT2D eigenvalue weighted by molar-refractivity contribution is -0.123. The smallest absolute Gasteiger partial charge is 0.167 e. The van der Waals surface area contributed by atoms with Crippen molar-refractivity contribution in [3.8, 4) is 0 Å². The first-order valence-electron chi connectivity index (χ1n) is 4.15. The molecule has 0 amide bonds. The number of Topliss-reactive ketones (excluding diaryl/α,β-unsaturated/α-hetero) is 1. The standard InChI is InChI=1S/C9H12O2/c1-2-7(10)9-6-4-3-5-8(9)11-9/h3-4,8H,2,5-6H2,1H3. The van der Waals surface area contributed by atoms with E-state index in [0.717, 1.165) is 12.8 Å². The van der Waals surface area contributed by atoms with Crippen LogP contribution in [0.2, 0.25) is 0 Å². The Bertz CT molecular complexity index is 220. The summed E-state index contributed by atoms with van der Waals surface area (Å²) in [5.41, 5.74) is -0.372. The highest BCUT2D eigenvalue weighted by Gasteiger charge is 2.60. The third kappa shape index (κ3) is 0.857. The Balaban J connectivity index is 2.14. The highest BCUT2D eigenvalue weighted by atomic mass is 16.6. The molecule has 0 spiro atoms. The van der Waals surface area contributed by atoms with Crippen LogP contribution in [0, 0.1) is 0 Å². The lowest BCUT2D eigenvalue weighted by atomic mass is 9.89. The van der Waals surface area contributed by atoms with Gasteiger partial charge >= 0.3 is 0 Å². The summed E-state index contributed by atoms with van der Waals surface area (Å²) in [5.74, 6) is 0.270. The molecule has 2 aliphatic rings. The number of ether oxygens (including phenoxy) is 1. The maximum Gasteiger partial charge on any atom is 0.167 e. The lowest BCUT2D eigenvalue weighted by Crippen LogP contribution is -2.27. The van der Waals surface area contributed by atoms with Crippen molar-refractivity contribution in [1.82, 2.24) is 0 Å². The molecule has 1 aliphatic heterocycles. The molecule has 0 aromatic heterocycles. The van der Waals surface area contributed by atoms with Gasteiger partial charge in [-0.2, -0.15) is 0 Å². The third-order valence-electron chi connectivity index (χ3n) is 2.55. The average Bonchev–Trinajstić information content (AvgIpc) is 2.78. The topological polar surface area (TPSA) is 29.6 Å². The predicted molar refractivity (Wildman–Crippen MR) is 41.3 cm³/mol. The van der Waals surface area contributed by atoms with Gasteiger partial charge in [0.15, 0.2) is 11.4 Å². The molecule has 0 bridgehead atoms. The number of hydrogen-bond acceptors (Lipinski definition) is 2. The van der Waals surface area contributed by atoms with Gasteiger partial charge in [-0.05, 0) is 6.42 Å². The molecule has 11 heavy (non-hydrogen) atoms. The Labute approximate surface area is 66.2 Å². The zero-order valence-electron chi connectivity index (χ0n) is 6.67. The van der Waals surface area contributed by atoms with Crippen LogP contribution in [0.4, 0.5) is 0 Å². The van der Waals surface area contributed by atoms with E-state index in [9.17, 15) is 4.79 Å². The normalized spacial score (nSPS) is 39.9. The summed E-state index contributed by atoms with van der Waals surface area (Å²) in [6.45, 7) is 1.90. The molecule has 0 N–H and O–H groups in total. The average molecular weight is 152 g/mol. The number of carbonyl (C=O) groups is 1. The SMILES string of the molecule is CCC(=O)C12CC=CCC1O2. The van der Waals surface area contributed by atoms with Crippen molar-refractivity contribution >= 4 is 5.78 Å². The van der Waals surface area contributed by atoms with Crippen LogP contribution in [0.3, 0.4) is 0 Å². The molecule has 1 aliphatic carbocycles. The van der Waals surface area contributed by atoms with Gasteiger partial charge in [-0.3, -0.25) is 4.79 Å². The maximum absolute atomic E-state index is 11.4. The lowest BCUT2D eigenvalue weighted by Gasteiger charge is -2.09. The van der Waals surface area contributed by atoms with E-state index < -0.39 is 0 Å². The second-order valence-corrected chi connectivity index (χ2v) is 3.18. The summed E-state index contributed by atoms with van der Waals surface area (Å²) < 4.78 is 5.41. The Morgan fingerprint density at radius 1 is 1.73 bits per heavy atom. The second-order valence-electron chi connectivity index (χ2n) is 3.18. The first kappa shape index (κ1) is 7.04. The van der Waals surface area contributed by atoms with Crippen molar-refractivity contribution in [2.45, 2.75) is 37.9 Å². The number of carbonyl (C=O) groups excluding carboxylic acids is 1. The van der Waals surface area contributed by atoms with Gasteiger partial charge in [-0.25, -0.2) is 0 Å². The molecular weight excluding hydrogens is 140 g/mol. The van der Waals surface area contributed by atoms with Gasteiger partial charge in [0.1, 0.15) is 0 Å². The first-order valence-corrected chi connectivity index (χ1v) is 4.15. The minimum absolute atomic E-state index is 0.208. The molecule has 0 aromatic carbocycles. The molecule has 60 valence electrons. The van der Waals surface area contributed by atoms with E-state index >= 15 is 0 Å². The molecule has 2 rings (SSSR count). The highest BCUT2D eigenvalue weighted by Crippen LogP contribution is 2.46. The van der Waals surface area contributed by atoms with Crippen LogP contribution in [-0.4, -0.2) is 17.5 Å². The van der Waals surface area contributed by atoms with Gasteiger partial charge in [0.25, 0.3) is 0 Å². The minimum atomic E-state index is -0.372. The molecule has 2 nitrogen and oxygen atoms in total. The number of fused-ring (bicyclic) bond motifs is 1. The molecule has 2 heteroatoms. The zero-order chi connectivity index (χ0) is 7.90.